The van der Waals surface area contributed by atoms with Gasteiger partial charge in [0.15, 0.2) is 11.2 Å². The summed E-state index contributed by atoms with van der Waals surface area (Å²) in [5.74, 6) is -0.552. The molecular formula is C13H12ClFN2O2S. The Morgan fingerprint density at radius 3 is 2.90 bits per heavy atom. The van der Waals surface area contributed by atoms with Crippen LogP contribution in [-0.2, 0) is 4.79 Å². The number of ether oxygens (including phenoxy) is 1. The van der Waals surface area contributed by atoms with Gasteiger partial charge in [-0.25, -0.2) is 9.37 Å². The highest BCUT2D eigenvalue weighted by Crippen LogP contribution is 2.26. The first kappa shape index (κ1) is 14.7. The van der Waals surface area contributed by atoms with Crippen molar-refractivity contribution in [2.24, 2.45) is 0 Å². The van der Waals surface area contributed by atoms with Crippen molar-refractivity contribution in [1.29, 1.82) is 0 Å². The molecule has 0 saturated heterocycles. The highest BCUT2D eigenvalue weighted by Gasteiger charge is 2.17. The summed E-state index contributed by atoms with van der Waals surface area (Å²) in [6, 6.07) is 3.73. The van der Waals surface area contributed by atoms with Gasteiger partial charge in [-0.1, -0.05) is 11.6 Å². The molecule has 2 rings (SSSR count). The van der Waals surface area contributed by atoms with E-state index >= 15 is 0 Å². The number of rotatable bonds is 4. The number of nitrogens with one attached hydrogen (secondary N) is 1. The molecule has 0 aliphatic heterocycles. The SMILES string of the molecule is Cc1cnc(NC(=O)[C@@H](C)Oc2ccc(F)cc2Cl)s1. The van der Waals surface area contributed by atoms with Gasteiger partial charge in [0.2, 0.25) is 0 Å². The molecule has 0 aliphatic rings. The first-order valence-electron chi connectivity index (χ1n) is 5.80. The fourth-order valence-electron chi connectivity index (χ4n) is 1.43. The molecule has 1 heterocycles. The third kappa shape index (κ3) is 3.68. The zero-order valence-electron chi connectivity index (χ0n) is 10.8. The summed E-state index contributed by atoms with van der Waals surface area (Å²) in [7, 11) is 0. The van der Waals surface area contributed by atoms with E-state index in [2.05, 4.69) is 10.3 Å². The Balaban J connectivity index is 2.00. The van der Waals surface area contributed by atoms with Gasteiger partial charge in [-0.15, -0.1) is 11.3 Å². The average molecular weight is 315 g/mol. The van der Waals surface area contributed by atoms with Gasteiger partial charge >= 0.3 is 0 Å². The van der Waals surface area contributed by atoms with Gasteiger partial charge in [-0.05, 0) is 32.0 Å². The molecule has 7 heteroatoms. The minimum Gasteiger partial charge on any atom is -0.479 e. The van der Waals surface area contributed by atoms with Crippen LogP contribution in [0.1, 0.15) is 11.8 Å². The molecule has 2 aromatic rings. The maximum atomic E-state index is 12.9. The summed E-state index contributed by atoms with van der Waals surface area (Å²) in [4.78, 5) is 16.9. The molecule has 20 heavy (non-hydrogen) atoms. The topological polar surface area (TPSA) is 51.2 Å². The van der Waals surface area contributed by atoms with Gasteiger partial charge in [0.25, 0.3) is 5.91 Å². The maximum absolute atomic E-state index is 12.9. The molecule has 0 saturated carbocycles. The summed E-state index contributed by atoms with van der Waals surface area (Å²) in [5, 5.41) is 3.27. The van der Waals surface area contributed by atoms with Crippen molar-refractivity contribution in [1.82, 2.24) is 4.98 Å². The Morgan fingerprint density at radius 2 is 2.30 bits per heavy atom. The highest BCUT2D eigenvalue weighted by molar-refractivity contribution is 7.15. The first-order chi connectivity index (χ1) is 9.45. The molecule has 0 spiro atoms. The van der Waals surface area contributed by atoms with Gasteiger partial charge in [0.1, 0.15) is 11.6 Å². The van der Waals surface area contributed by atoms with Crippen LogP contribution in [-0.4, -0.2) is 17.0 Å². The number of anilines is 1. The third-order valence-electron chi connectivity index (χ3n) is 2.42. The Labute approximate surface area is 124 Å². The molecule has 1 amide bonds. The van der Waals surface area contributed by atoms with E-state index in [1.807, 2.05) is 6.92 Å². The molecule has 1 aromatic carbocycles. The molecule has 1 atom stereocenters. The van der Waals surface area contributed by atoms with Crippen LogP contribution in [0.5, 0.6) is 5.75 Å². The number of halogens is 2. The van der Waals surface area contributed by atoms with Crippen LogP contribution in [0.3, 0.4) is 0 Å². The molecule has 4 nitrogen and oxygen atoms in total. The number of carbonyl (C=O) groups is 1. The minimum atomic E-state index is -0.776. The summed E-state index contributed by atoms with van der Waals surface area (Å²) < 4.78 is 18.3. The van der Waals surface area contributed by atoms with Gasteiger partial charge in [0.05, 0.1) is 5.02 Å². The summed E-state index contributed by atoms with van der Waals surface area (Å²) in [6.45, 7) is 3.47. The Kier molecular flexibility index (Phi) is 4.57. The lowest BCUT2D eigenvalue weighted by molar-refractivity contribution is -0.122. The lowest BCUT2D eigenvalue weighted by Crippen LogP contribution is -2.30. The van der Waals surface area contributed by atoms with Gasteiger partial charge < -0.3 is 4.74 Å². The minimum absolute atomic E-state index is 0.120. The van der Waals surface area contributed by atoms with E-state index in [4.69, 9.17) is 16.3 Å². The highest BCUT2D eigenvalue weighted by atomic mass is 35.5. The third-order valence-corrected chi connectivity index (χ3v) is 3.54. The second-order valence-electron chi connectivity index (χ2n) is 4.10. The van der Waals surface area contributed by atoms with Crippen LogP contribution >= 0.6 is 22.9 Å². The molecule has 0 fully saturated rings. The van der Waals surface area contributed by atoms with Crippen molar-refractivity contribution in [3.8, 4) is 5.75 Å². The summed E-state index contributed by atoms with van der Waals surface area (Å²) >= 11 is 7.21. The summed E-state index contributed by atoms with van der Waals surface area (Å²) in [6.07, 6.45) is 0.894. The number of amides is 1. The average Bonchev–Trinajstić information content (AvgIpc) is 2.78. The van der Waals surface area contributed by atoms with Crippen molar-refractivity contribution in [3.63, 3.8) is 0 Å². The fraction of sp³-hybridized carbons (Fsp3) is 0.231. The van der Waals surface area contributed by atoms with Crippen molar-refractivity contribution in [2.75, 3.05) is 5.32 Å². The number of hydrogen-bond donors (Lipinski definition) is 1. The normalized spacial score (nSPS) is 12.0. The van der Waals surface area contributed by atoms with E-state index < -0.39 is 11.9 Å². The van der Waals surface area contributed by atoms with E-state index in [1.54, 1.807) is 13.1 Å². The number of carbonyl (C=O) groups excluding carboxylic acids is 1. The van der Waals surface area contributed by atoms with Crippen molar-refractivity contribution in [2.45, 2.75) is 20.0 Å². The molecule has 0 radical (unpaired) electrons. The number of nitrogens with zero attached hydrogens (tertiary/aromatic N) is 1. The lowest BCUT2D eigenvalue weighted by Gasteiger charge is -2.14. The molecule has 0 unspecified atom stereocenters. The van der Waals surface area contributed by atoms with E-state index in [-0.39, 0.29) is 16.7 Å². The summed E-state index contributed by atoms with van der Waals surface area (Å²) in [5.41, 5.74) is 0. The number of benzene rings is 1. The van der Waals surface area contributed by atoms with E-state index in [1.165, 1.54) is 23.5 Å². The molecule has 106 valence electrons. The van der Waals surface area contributed by atoms with Crippen LogP contribution in [0, 0.1) is 12.7 Å². The fourth-order valence-corrected chi connectivity index (χ4v) is 2.31. The molecule has 1 aromatic heterocycles. The number of hydrogen-bond acceptors (Lipinski definition) is 4. The second-order valence-corrected chi connectivity index (χ2v) is 5.74. The number of thiazole rings is 1. The zero-order chi connectivity index (χ0) is 14.7. The van der Waals surface area contributed by atoms with E-state index in [9.17, 15) is 9.18 Å². The van der Waals surface area contributed by atoms with Gasteiger partial charge in [-0.2, -0.15) is 0 Å². The quantitative estimate of drug-likeness (QED) is 0.937. The van der Waals surface area contributed by atoms with Crippen molar-refractivity contribution >= 4 is 34.0 Å². The molecule has 0 aliphatic carbocycles. The smallest absolute Gasteiger partial charge is 0.266 e. The second kappa shape index (κ2) is 6.19. The largest absolute Gasteiger partial charge is 0.479 e. The van der Waals surface area contributed by atoms with Gasteiger partial charge in [0, 0.05) is 11.1 Å². The molecule has 1 N–H and O–H groups in total. The predicted molar refractivity (Wildman–Crippen MR) is 77.0 cm³/mol. The van der Waals surface area contributed by atoms with Crippen molar-refractivity contribution in [3.05, 3.63) is 40.1 Å². The lowest BCUT2D eigenvalue weighted by atomic mass is 10.3. The van der Waals surface area contributed by atoms with Crippen LogP contribution in [0.2, 0.25) is 5.02 Å². The Bertz CT molecular complexity index is 633. The Morgan fingerprint density at radius 1 is 1.55 bits per heavy atom. The van der Waals surface area contributed by atoms with E-state index in [0.29, 0.717) is 5.13 Å². The molecular weight excluding hydrogens is 303 g/mol. The van der Waals surface area contributed by atoms with Crippen LogP contribution in [0.25, 0.3) is 0 Å². The van der Waals surface area contributed by atoms with Gasteiger partial charge in [-0.3, -0.25) is 10.1 Å². The molecule has 0 bridgehead atoms. The first-order valence-corrected chi connectivity index (χ1v) is 7.00. The predicted octanol–water partition coefficient (Wildman–Crippen LogP) is 3.65. The Hall–Kier alpha value is -1.66. The van der Waals surface area contributed by atoms with E-state index in [0.717, 1.165) is 10.9 Å². The monoisotopic (exact) mass is 314 g/mol. The maximum Gasteiger partial charge on any atom is 0.266 e. The van der Waals surface area contributed by atoms with Crippen LogP contribution in [0.4, 0.5) is 9.52 Å². The van der Waals surface area contributed by atoms with Crippen LogP contribution < -0.4 is 10.1 Å². The number of aryl methyl sites for hydroxylation is 1. The zero-order valence-corrected chi connectivity index (χ0v) is 12.4. The van der Waals surface area contributed by atoms with Crippen molar-refractivity contribution < 1.29 is 13.9 Å². The standard InChI is InChI=1S/C13H12ClFN2O2S/c1-7-6-16-13(20-7)17-12(18)8(2)19-11-4-3-9(15)5-10(11)14/h3-6,8H,1-2H3,(H,16,17,18)/t8-/m1/s1. The number of aromatic nitrogens is 1. The van der Waals surface area contributed by atoms with Crippen LogP contribution in [0.15, 0.2) is 24.4 Å².